The average Bonchev–Trinajstić information content (AvgIpc) is 2.89. The van der Waals surface area contributed by atoms with E-state index in [9.17, 15) is 9.59 Å². The van der Waals surface area contributed by atoms with Gasteiger partial charge in [-0.05, 0) is 65.7 Å². The monoisotopic (exact) mass is 312 g/mol. The largest absolute Gasteiger partial charge is 0.454 e. The molecule has 4 aliphatic carbocycles. The van der Waals surface area contributed by atoms with Crippen LogP contribution < -0.4 is 0 Å². The maximum Gasteiger partial charge on any atom is 0.303 e. The van der Waals surface area contributed by atoms with Crippen LogP contribution in [0.5, 0.6) is 0 Å². The predicted molar refractivity (Wildman–Crippen MR) is 87.6 cm³/mol. The zero-order valence-corrected chi connectivity index (χ0v) is 13.9. The highest BCUT2D eigenvalue weighted by atomic mass is 16.5. The highest BCUT2D eigenvalue weighted by Crippen LogP contribution is 2.57. The molecule has 0 aromatic heterocycles. The molecule has 1 fully saturated rings. The van der Waals surface area contributed by atoms with Gasteiger partial charge in [0, 0.05) is 13.3 Å². The van der Waals surface area contributed by atoms with Gasteiger partial charge >= 0.3 is 5.97 Å². The van der Waals surface area contributed by atoms with Gasteiger partial charge in [-0.25, -0.2) is 0 Å². The summed E-state index contributed by atoms with van der Waals surface area (Å²) in [6.07, 6.45) is 12.5. The molecule has 1 unspecified atom stereocenters. The molecule has 0 heterocycles. The minimum absolute atomic E-state index is 0.0523. The summed E-state index contributed by atoms with van der Waals surface area (Å²) < 4.78 is 5.25. The van der Waals surface area contributed by atoms with Gasteiger partial charge in [-0.3, -0.25) is 9.59 Å². The molecule has 23 heavy (non-hydrogen) atoms. The van der Waals surface area contributed by atoms with Crippen LogP contribution in [0.4, 0.5) is 0 Å². The number of fused-ring (bicyclic) bond motifs is 4. The number of carbonyl (C=O) groups is 2. The van der Waals surface area contributed by atoms with Gasteiger partial charge in [0.05, 0.1) is 0 Å². The van der Waals surface area contributed by atoms with E-state index in [-0.39, 0.29) is 11.8 Å². The lowest BCUT2D eigenvalue weighted by atomic mass is 9.61. The minimum atomic E-state index is -0.622. The molecule has 1 saturated carbocycles. The van der Waals surface area contributed by atoms with Gasteiger partial charge < -0.3 is 4.74 Å². The molecule has 0 saturated heterocycles. The molecule has 4 atom stereocenters. The Morgan fingerprint density at radius 3 is 2.96 bits per heavy atom. The highest BCUT2D eigenvalue weighted by molar-refractivity contribution is 5.98. The van der Waals surface area contributed by atoms with Crippen molar-refractivity contribution in [2.24, 2.45) is 17.3 Å². The zero-order chi connectivity index (χ0) is 16.2. The number of ether oxygens (including phenoxy) is 1. The van der Waals surface area contributed by atoms with Crippen molar-refractivity contribution in [2.75, 3.05) is 0 Å². The summed E-state index contributed by atoms with van der Waals surface area (Å²) in [5.74, 6) is 0.927. The lowest BCUT2D eigenvalue weighted by molar-refractivity contribution is -0.151. The summed E-state index contributed by atoms with van der Waals surface area (Å²) in [6, 6.07) is 0. The fraction of sp³-hybridized carbons (Fsp3) is 0.600. The molecular weight excluding hydrogens is 288 g/mol. The van der Waals surface area contributed by atoms with Crippen molar-refractivity contribution in [3.05, 3.63) is 34.9 Å². The third kappa shape index (κ3) is 2.32. The van der Waals surface area contributed by atoms with Crippen LogP contribution in [0.2, 0.25) is 0 Å². The van der Waals surface area contributed by atoms with Crippen molar-refractivity contribution < 1.29 is 14.3 Å². The Balaban J connectivity index is 1.74. The first kappa shape index (κ1) is 14.9. The number of allylic oxidation sites excluding steroid dienone is 4. The minimum Gasteiger partial charge on any atom is -0.454 e. The molecule has 0 spiro atoms. The van der Waals surface area contributed by atoms with Gasteiger partial charge in [-0.2, -0.15) is 0 Å². The Kier molecular flexibility index (Phi) is 3.36. The Morgan fingerprint density at radius 2 is 2.17 bits per heavy atom. The second-order valence-electron chi connectivity index (χ2n) is 7.79. The van der Waals surface area contributed by atoms with Crippen LogP contribution in [0.1, 0.15) is 52.4 Å². The van der Waals surface area contributed by atoms with Crippen molar-refractivity contribution in [1.29, 1.82) is 0 Å². The molecule has 0 N–H and O–H groups in total. The van der Waals surface area contributed by atoms with Crippen LogP contribution in [0, 0.1) is 17.3 Å². The number of carbonyl (C=O) groups excluding carboxylic acids is 2. The molecule has 4 rings (SSSR count). The first-order valence-electron chi connectivity index (χ1n) is 8.82. The first-order chi connectivity index (χ1) is 11.0. The summed E-state index contributed by atoms with van der Waals surface area (Å²) in [5, 5.41) is 0. The molecule has 0 bridgehead atoms. The normalized spacial score (nSPS) is 38.6. The number of hydrogen-bond acceptors (Lipinski definition) is 3. The molecule has 0 aliphatic heterocycles. The standard InChI is InChI=1S/C20H24O3/c1-12(21)23-19-11-16-13(10-18(19)22)5-6-15-14(16)7-9-20(2)8-3-4-17(15)20/h7,9-10,15,17,19H,3-6,8,11H2,1-2H3/t15-,17+,19?,20+/m1/s1. The van der Waals surface area contributed by atoms with Crippen molar-refractivity contribution in [3.8, 4) is 0 Å². The van der Waals surface area contributed by atoms with Crippen LogP contribution in [0.15, 0.2) is 34.9 Å². The SMILES string of the molecule is CC(=O)OC1CC2=C3C=C[C@]4(C)CCC[C@H]4[C@@H]3CCC2=CC1=O. The second kappa shape index (κ2) is 5.19. The lowest BCUT2D eigenvalue weighted by Gasteiger charge is -2.44. The van der Waals surface area contributed by atoms with Gasteiger partial charge in [0.25, 0.3) is 0 Å². The summed E-state index contributed by atoms with van der Waals surface area (Å²) >= 11 is 0. The molecular formula is C20H24O3. The van der Waals surface area contributed by atoms with Crippen LogP contribution in [0.25, 0.3) is 0 Å². The topological polar surface area (TPSA) is 43.4 Å². The molecule has 4 aliphatic rings. The summed E-state index contributed by atoms with van der Waals surface area (Å²) in [5.41, 5.74) is 4.22. The number of ketones is 1. The first-order valence-corrected chi connectivity index (χ1v) is 8.82. The van der Waals surface area contributed by atoms with E-state index in [0.717, 1.165) is 18.8 Å². The third-order valence-corrected chi connectivity index (χ3v) is 6.40. The average molecular weight is 312 g/mol. The number of esters is 1. The second-order valence-corrected chi connectivity index (χ2v) is 7.79. The fourth-order valence-electron chi connectivity index (χ4n) is 5.29. The van der Waals surface area contributed by atoms with E-state index in [2.05, 4.69) is 19.1 Å². The maximum atomic E-state index is 12.2. The molecule has 0 radical (unpaired) electrons. The molecule has 3 nitrogen and oxygen atoms in total. The molecule has 122 valence electrons. The Bertz CT molecular complexity index is 666. The molecule has 0 aromatic carbocycles. The molecule has 0 amide bonds. The van der Waals surface area contributed by atoms with Crippen molar-refractivity contribution >= 4 is 11.8 Å². The molecule has 0 aromatic rings. The quantitative estimate of drug-likeness (QED) is 0.690. The van der Waals surface area contributed by atoms with Crippen LogP contribution in [-0.2, 0) is 14.3 Å². The Morgan fingerprint density at radius 1 is 1.35 bits per heavy atom. The third-order valence-electron chi connectivity index (χ3n) is 6.40. The van der Waals surface area contributed by atoms with Crippen molar-refractivity contribution in [2.45, 2.75) is 58.5 Å². The smallest absolute Gasteiger partial charge is 0.303 e. The number of hydrogen-bond donors (Lipinski definition) is 0. The molecule has 3 heteroatoms. The summed E-state index contributed by atoms with van der Waals surface area (Å²) in [4.78, 5) is 23.5. The Hall–Kier alpha value is -1.64. The van der Waals surface area contributed by atoms with Gasteiger partial charge in [0.2, 0.25) is 0 Å². The predicted octanol–water partition coefficient (Wildman–Crippen LogP) is 3.90. The lowest BCUT2D eigenvalue weighted by Crippen LogP contribution is -2.36. The zero-order valence-electron chi connectivity index (χ0n) is 13.9. The van der Waals surface area contributed by atoms with Crippen LogP contribution in [-0.4, -0.2) is 17.9 Å². The fourth-order valence-corrected chi connectivity index (χ4v) is 5.29. The highest BCUT2D eigenvalue weighted by Gasteiger charge is 2.47. The van der Waals surface area contributed by atoms with E-state index in [1.165, 1.54) is 42.9 Å². The van der Waals surface area contributed by atoms with Crippen LogP contribution in [0.3, 0.4) is 0 Å². The van der Waals surface area contributed by atoms with Gasteiger partial charge in [-0.1, -0.05) is 25.5 Å². The Labute approximate surface area is 137 Å². The van der Waals surface area contributed by atoms with E-state index in [0.29, 0.717) is 17.8 Å². The van der Waals surface area contributed by atoms with Crippen molar-refractivity contribution in [3.63, 3.8) is 0 Å². The van der Waals surface area contributed by atoms with Crippen molar-refractivity contribution in [1.82, 2.24) is 0 Å². The number of rotatable bonds is 1. The van der Waals surface area contributed by atoms with E-state index in [1.54, 1.807) is 6.08 Å². The van der Waals surface area contributed by atoms with Gasteiger partial charge in [0.15, 0.2) is 11.9 Å². The summed E-state index contributed by atoms with van der Waals surface area (Å²) in [6.45, 7) is 3.78. The van der Waals surface area contributed by atoms with E-state index < -0.39 is 6.10 Å². The van der Waals surface area contributed by atoms with Gasteiger partial charge in [-0.15, -0.1) is 0 Å². The maximum absolute atomic E-state index is 12.2. The van der Waals surface area contributed by atoms with Crippen LogP contribution >= 0.6 is 0 Å². The van der Waals surface area contributed by atoms with E-state index in [4.69, 9.17) is 4.74 Å². The van der Waals surface area contributed by atoms with E-state index >= 15 is 0 Å². The van der Waals surface area contributed by atoms with Gasteiger partial charge in [0.1, 0.15) is 0 Å². The van der Waals surface area contributed by atoms with E-state index in [1.807, 2.05) is 0 Å². The summed E-state index contributed by atoms with van der Waals surface area (Å²) in [7, 11) is 0.